The topological polar surface area (TPSA) is 60.5 Å². The molecule has 1 amide bonds. The van der Waals surface area contributed by atoms with Gasteiger partial charge in [-0.3, -0.25) is 9.78 Å². The molecule has 0 atom stereocenters. The van der Waals surface area contributed by atoms with E-state index in [1.165, 1.54) is 0 Å². The van der Waals surface area contributed by atoms with Gasteiger partial charge in [0.25, 0.3) is 5.91 Å². The Labute approximate surface area is 130 Å². The van der Waals surface area contributed by atoms with Crippen molar-refractivity contribution in [3.05, 3.63) is 53.9 Å². The van der Waals surface area contributed by atoms with Gasteiger partial charge in [0, 0.05) is 24.0 Å². The van der Waals surface area contributed by atoms with Crippen molar-refractivity contribution in [2.45, 2.75) is 26.5 Å². The minimum absolute atomic E-state index is 0.0844. The van der Waals surface area contributed by atoms with Crippen molar-refractivity contribution in [2.24, 2.45) is 0 Å². The minimum atomic E-state index is -0.131. The highest BCUT2D eigenvalue weighted by Gasteiger charge is 2.12. The minimum Gasteiger partial charge on any atom is -0.493 e. The normalized spacial score (nSPS) is 10.4. The number of hydrogen-bond acceptors (Lipinski definition) is 4. The maximum absolute atomic E-state index is 12.0. The lowest BCUT2D eigenvalue weighted by molar-refractivity contribution is 0.0942. The standard InChI is InChI=1S/C17H20N2O3/c1-12(2)19-17(20)14-4-5-15(16(10-14)21-3)22-11-13-6-8-18-9-7-13/h4-10,12H,11H2,1-3H3,(H,19,20). The van der Waals surface area contributed by atoms with E-state index in [0.29, 0.717) is 23.7 Å². The van der Waals surface area contributed by atoms with Crippen LogP contribution in [0.25, 0.3) is 0 Å². The first kappa shape index (κ1) is 15.8. The van der Waals surface area contributed by atoms with Crippen LogP contribution in [0.15, 0.2) is 42.7 Å². The largest absolute Gasteiger partial charge is 0.493 e. The summed E-state index contributed by atoms with van der Waals surface area (Å²) in [5.74, 6) is 1.000. The van der Waals surface area contributed by atoms with E-state index in [4.69, 9.17) is 9.47 Å². The average molecular weight is 300 g/mol. The number of ether oxygens (including phenoxy) is 2. The Bertz CT molecular complexity index is 627. The summed E-state index contributed by atoms with van der Waals surface area (Å²) in [6, 6.07) is 9.01. The number of carbonyl (C=O) groups is 1. The van der Waals surface area contributed by atoms with Gasteiger partial charge in [-0.15, -0.1) is 0 Å². The highest BCUT2D eigenvalue weighted by atomic mass is 16.5. The van der Waals surface area contributed by atoms with Gasteiger partial charge in [0.1, 0.15) is 6.61 Å². The van der Waals surface area contributed by atoms with Gasteiger partial charge < -0.3 is 14.8 Å². The van der Waals surface area contributed by atoms with Gasteiger partial charge in [-0.25, -0.2) is 0 Å². The Hall–Kier alpha value is -2.56. The van der Waals surface area contributed by atoms with E-state index in [2.05, 4.69) is 10.3 Å². The number of nitrogens with zero attached hydrogens (tertiary/aromatic N) is 1. The highest BCUT2D eigenvalue weighted by molar-refractivity contribution is 5.95. The number of benzene rings is 1. The second-order valence-electron chi connectivity index (χ2n) is 5.14. The Balaban J connectivity index is 2.10. The number of methoxy groups -OCH3 is 1. The van der Waals surface area contributed by atoms with Gasteiger partial charge in [0.2, 0.25) is 0 Å². The summed E-state index contributed by atoms with van der Waals surface area (Å²) in [5, 5.41) is 2.85. The van der Waals surface area contributed by atoms with Crippen LogP contribution < -0.4 is 14.8 Å². The van der Waals surface area contributed by atoms with Crippen LogP contribution >= 0.6 is 0 Å². The van der Waals surface area contributed by atoms with Gasteiger partial charge in [-0.05, 0) is 49.7 Å². The molecule has 0 bridgehead atoms. The molecule has 1 N–H and O–H groups in total. The summed E-state index contributed by atoms with van der Waals surface area (Å²) in [6.45, 7) is 4.25. The van der Waals surface area contributed by atoms with Crippen LogP contribution in [-0.2, 0) is 6.61 Å². The average Bonchev–Trinajstić information content (AvgIpc) is 2.53. The molecule has 2 rings (SSSR count). The van der Waals surface area contributed by atoms with Crippen molar-refractivity contribution >= 4 is 5.91 Å². The summed E-state index contributed by atoms with van der Waals surface area (Å²) in [4.78, 5) is 16.0. The van der Waals surface area contributed by atoms with Crippen molar-refractivity contribution in [2.75, 3.05) is 7.11 Å². The Kier molecular flexibility index (Phi) is 5.36. The molecule has 0 aliphatic rings. The molecule has 1 heterocycles. The zero-order chi connectivity index (χ0) is 15.9. The molecular weight excluding hydrogens is 280 g/mol. The fraction of sp³-hybridized carbons (Fsp3) is 0.294. The molecule has 5 nitrogen and oxygen atoms in total. The van der Waals surface area contributed by atoms with Gasteiger partial charge in [-0.2, -0.15) is 0 Å². The number of pyridine rings is 1. The first-order valence-electron chi connectivity index (χ1n) is 7.10. The molecule has 0 spiro atoms. The molecule has 0 aliphatic heterocycles. The quantitative estimate of drug-likeness (QED) is 0.891. The van der Waals surface area contributed by atoms with Crippen LogP contribution in [0.4, 0.5) is 0 Å². The van der Waals surface area contributed by atoms with Gasteiger partial charge in [0.15, 0.2) is 11.5 Å². The van der Waals surface area contributed by atoms with E-state index in [1.54, 1.807) is 37.7 Å². The molecule has 0 saturated heterocycles. The highest BCUT2D eigenvalue weighted by Crippen LogP contribution is 2.28. The van der Waals surface area contributed by atoms with Crippen molar-refractivity contribution < 1.29 is 14.3 Å². The second-order valence-corrected chi connectivity index (χ2v) is 5.14. The molecule has 1 aromatic carbocycles. The van der Waals surface area contributed by atoms with E-state index in [9.17, 15) is 4.79 Å². The predicted molar refractivity (Wildman–Crippen MR) is 84.2 cm³/mol. The number of nitrogens with one attached hydrogen (secondary N) is 1. The monoisotopic (exact) mass is 300 g/mol. The van der Waals surface area contributed by atoms with Crippen LogP contribution in [0, 0.1) is 0 Å². The number of hydrogen-bond donors (Lipinski definition) is 1. The SMILES string of the molecule is COc1cc(C(=O)NC(C)C)ccc1OCc1ccncc1. The lowest BCUT2D eigenvalue weighted by atomic mass is 10.1. The van der Waals surface area contributed by atoms with Crippen molar-refractivity contribution in [3.8, 4) is 11.5 Å². The third-order valence-corrected chi connectivity index (χ3v) is 2.99. The van der Waals surface area contributed by atoms with Crippen LogP contribution in [0.1, 0.15) is 29.8 Å². The number of carbonyl (C=O) groups excluding carboxylic acids is 1. The van der Waals surface area contributed by atoms with Gasteiger partial charge in [-0.1, -0.05) is 0 Å². The van der Waals surface area contributed by atoms with Crippen LogP contribution in [-0.4, -0.2) is 24.0 Å². The Morgan fingerprint density at radius 3 is 2.55 bits per heavy atom. The summed E-state index contributed by atoms with van der Waals surface area (Å²) in [6.07, 6.45) is 3.44. The maximum atomic E-state index is 12.0. The van der Waals surface area contributed by atoms with Crippen LogP contribution in [0.2, 0.25) is 0 Å². The van der Waals surface area contributed by atoms with E-state index in [-0.39, 0.29) is 11.9 Å². The molecular formula is C17H20N2O3. The third kappa shape index (κ3) is 4.22. The van der Waals surface area contributed by atoms with Gasteiger partial charge >= 0.3 is 0 Å². The van der Waals surface area contributed by atoms with E-state index >= 15 is 0 Å². The third-order valence-electron chi connectivity index (χ3n) is 2.99. The molecule has 22 heavy (non-hydrogen) atoms. The van der Waals surface area contributed by atoms with Crippen molar-refractivity contribution in [1.82, 2.24) is 10.3 Å². The summed E-state index contributed by atoms with van der Waals surface area (Å²) >= 11 is 0. The predicted octanol–water partition coefficient (Wildman–Crippen LogP) is 2.81. The lowest BCUT2D eigenvalue weighted by Gasteiger charge is -2.13. The summed E-state index contributed by atoms with van der Waals surface area (Å²) in [7, 11) is 1.55. The second kappa shape index (κ2) is 7.45. The zero-order valence-electron chi connectivity index (χ0n) is 13.0. The fourth-order valence-electron chi connectivity index (χ4n) is 1.91. The first-order chi connectivity index (χ1) is 10.6. The molecule has 0 unspecified atom stereocenters. The molecule has 116 valence electrons. The Morgan fingerprint density at radius 1 is 1.18 bits per heavy atom. The van der Waals surface area contributed by atoms with Crippen LogP contribution in [0.5, 0.6) is 11.5 Å². The number of rotatable bonds is 6. The Morgan fingerprint density at radius 2 is 1.91 bits per heavy atom. The zero-order valence-corrected chi connectivity index (χ0v) is 13.0. The van der Waals surface area contributed by atoms with Crippen molar-refractivity contribution in [3.63, 3.8) is 0 Å². The molecule has 5 heteroatoms. The van der Waals surface area contributed by atoms with E-state index < -0.39 is 0 Å². The summed E-state index contributed by atoms with van der Waals surface area (Å²) < 4.78 is 11.1. The first-order valence-corrected chi connectivity index (χ1v) is 7.10. The smallest absolute Gasteiger partial charge is 0.251 e. The molecule has 1 aromatic heterocycles. The lowest BCUT2D eigenvalue weighted by Crippen LogP contribution is -2.30. The van der Waals surface area contributed by atoms with E-state index in [0.717, 1.165) is 5.56 Å². The molecule has 0 saturated carbocycles. The maximum Gasteiger partial charge on any atom is 0.251 e. The molecule has 0 aliphatic carbocycles. The van der Waals surface area contributed by atoms with Gasteiger partial charge in [0.05, 0.1) is 7.11 Å². The van der Waals surface area contributed by atoms with Crippen LogP contribution in [0.3, 0.4) is 0 Å². The number of amides is 1. The molecule has 0 fully saturated rings. The number of aromatic nitrogens is 1. The van der Waals surface area contributed by atoms with E-state index in [1.807, 2.05) is 26.0 Å². The van der Waals surface area contributed by atoms with Crippen molar-refractivity contribution in [1.29, 1.82) is 0 Å². The molecule has 0 radical (unpaired) electrons. The summed E-state index contributed by atoms with van der Waals surface area (Å²) in [5.41, 5.74) is 1.56. The molecule has 2 aromatic rings. The fourth-order valence-corrected chi connectivity index (χ4v) is 1.91.